The van der Waals surface area contributed by atoms with Crippen molar-refractivity contribution in [3.8, 4) is 22.4 Å². The van der Waals surface area contributed by atoms with Gasteiger partial charge < -0.3 is 10.2 Å². The van der Waals surface area contributed by atoms with Crippen LogP contribution in [0.15, 0.2) is 102 Å². The lowest BCUT2D eigenvalue weighted by Gasteiger charge is -2.29. The van der Waals surface area contributed by atoms with Crippen LogP contribution in [0.5, 0.6) is 0 Å². The molecule has 37 heavy (non-hydrogen) atoms. The van der Waals surface area contributed by atoms with Gasteiger partial charge in [0, 0.05) is 41.8 Å². The Kier molecular flexibility index (Phi) is 5.86. The molecule has 2 aliphatic rings. The number of benzene rings is 2. The molecule has 4 heterocycles. The number of amides is 1. The van der Waals surface area contributed by atoms with Gasteiger partial charge in [0.1, 0.15) is 0 Å². The first kappa shape index (κ1) is 22.5. The Balaban J connectivity index is 1.34. The van der Waals surface area contributed by atoms with Gasteiger partial charge in [-0.05, 0) is 42.3 Å². The molecule has 1 amide bonds. The SMILES string of the molecule is CC1=NN=C2c3cc(-c4ccccc4)c(-c4ccc(CNC(=O)c5cccnc5)cc4)nc3C=CN2C1. The molecular formula is C30H24N6O. The van der Waals surface area contributed by atoms with E-state index in [1.54, 1.807) is 24.5 Å². The van der Waals surface area contributed by atoms with Crippen molar-refractivity contribution in [2.24, 2.45) is 10.2 Å². The smallest absolute Gasteiger partial charge is 0.253 e. The third kappa shape index (κ3) is 4.54. The van der Waals surface area contributed by atoms with Crippen molar-refractivity contribution in [3.63, 3.8) is 0 Å². The fourth-order valence-electron chi connectivity index (χ4n) is 4.49. The van der Waals surface area contributed by atoms with Gasteiger partial charge in [-0.2, -0.15) is 5.10 Å². The highest BCUT2D eigenvalue weighted by molar-refractivity contribution is 6.08. The van der Waals surface area contributed by atoms with E-state index in [4.69, 9.17) is 4.98 Å². The van der Waals surface area contributed by atoms with Crippen molar-refractivity contribution < 1.29 is 4.79 Å². The van der Waals surface area contributed by atoms with Crippen molar-refractivity contribution in [2.75, 3.05) is 6.54 Å². The highest BCUT2D eigenvalue weighted by Crippen LogP contribution is 2.35. The van der Waals surface area contributed by atoms with Crippen LogP contribution in [0.25, 0.3) is 28.5 Å². The Morgan fingerprint density at radius 1 is 0.946 bits per heavy atom. The number of aromatic nitrogens is 2. The summed E-state index contributed by atoms with van der Waals surface area (Å²) in [5, 5.41) is 11.8. The number of fused-ring (bicyclic) bond motifs is 3. The van der Waals surface area contributed by atoms with E-state index >= 15 is 0 Å². The standard InChI is InChI=1S/C30H24N6O/c1-20-19-36-15-13-27-26(29(36)35-34-20)16-25(22-6-3-2-4-7-22)28(33-27)23-11-9-21(10-12-23)17-32-30(37)24-8-5-14-31-18-24/h2-16,18H,17,19H2,1H3,(H,32,37). The van der Waals surface area contributed by atoms with E-state index in [9.17, 15) is 4.79 Å². The van der Waals surface area contributed by atoms with Crippen LogP contribution >= 0.6 is 0 Å². The zero-order chi connectivity index (χ0) is 25.2. The van der Waals surface area contributed by atoms with Gasteiger partial charge >= 0.3 is 0 Å². The van der Waals surface area contributed by atoms with E-state index in [1.807, 2.05) is 49.5 Å². The van der Waals surface area contributed by atoms with Crippen LogP contribution in [0.3, 0.4) is 0 Å². The number of carbonyl (C=O) groups excluding carboxylic acids is 1. The summed E-state index contributed by atoms with van der Waals surface area (Å²) in [5.74, 6) is 0.671. The molecule has 0 aliphatic carbocycles. The van der Waals surface area contributed by atoms with Crippen LogP contribution in [-0.4, -0.2) is 38.9 Å². The highest BCUT2D eigenvalue weighted by atomic mass is 16.1. The van der Waals surface area contributed by atoms with E-state index < -0.39 is 0 Å². The normalized spacial score (nSPS) is 13.8. The van der Waals surface area contributed by atoms with Gasteiger partial charge in [-0.15, -0.1) is 5.10 Å². The predicted molar refractivity (Wildman–Crippen MR) is 146 cm³/mol. The summed E-state index contributed by atoms with van der Waals surface area (Å²) < 4.78 is 0. The minimum Gasteiger partial charge on any atom is -0.348 e. The van der Waals surface area contributed by atoms with Crippen LogP contribution in [0.1, 0.15) is 34.1 Å². The van der Waals surface area contributed by atoms with Crippen LogP contribution in [0.4, 0.5) is 0 Å². The first-order valence-electron chi connectivity index (χ1n) is 12.1. The molecule has 180 valence electrons. The monoisotopic (exact) mass is 484 g/mol. The molecule has 6 rings (SSSR count). The average molecular weight is 485 g/mol. The number of pyridine rings is 2. The van der Waals surface area contributed by atoms with Crippen molar-refractivity contribution in [2.45, 2.75) is 13.5 Å². The van der Waals surface area contributed by atoms with Crippen molar-refractivity contribution in [1.29, 1.82) is 0 Å². The zero-order valence-corrected chi connectivity index (χ0v) is 20.3. The Labute approximate surface area is 214 Å². The molecule has 2 aliphatic heterocycles. The summed E-state index contributed by atoms with van der Waals surface area (Å²) in [4.78, 5) is 23.6. The maximum atomic E-state index is 12.4. The molecule has 0 radical (unpaired) electrons. The quantitative estimate of drug-likeness (QED) is 0.424. The van der Waals surface area contributed by atoms with Crippen LogP contribution < -0.4 is 5.32 Å². The predicted octanol–water partition coefficient (Wildman–Crippen LogP) is 5.16. The van der Waals surface area contributed by atoms with Gasteiger partial charge in [0.15, 0.2) is 5.84 Å². The van der Waals surface area contributed by atoms with Gasteiger partial charge in [0.2, 0.25) is 0 Å². The number of amidine groups is 1. The number of nitrogens with zero attached hydrogens (tertiary/aromatic N) is 5. The minimum absolute atomic E-state index is 0.147. The summed E-state index contributed by atoms with van der Waals surface area (Å²) in [5.41, 5.74) is 8.36. The molecule has 0 saturated carbocycles. The Morgan fingerprint density at radius 2 is 1.78 bits per heavy atom. The third-order valence-electron chi connectivity index (χ3n) is 6.38. The molecule has 4 aromatic rings. The topological polar surface area (TPSA) is 82.8 Å². The fourth-order valence-corrected chi connectivity index (χ4v) is 4.49. The third-order valence-corrected chi connectivity index (χ3v) is 6.38. The van der Waals surface area contributed by atoms with Gasteiger partial charge in [-0.25, -0.2) is 4.98 Å². The average Bonchev–Trinajstić information content (AvgIpc) is 2.96. The Hall–Kier alpha value is -4.91. The molecule has 1 N–H and O–H groups in total. The van der Waals surface area contributed by atoms with E-state index in [0.29, 0.717) is 12.1 Å². The van der Waals surface area contributed by atoms with Crippen molar-refractivity contribution >= 4 is 23.5 Å². The lowest BCUT2D eigenvalue weighted by Crippen LogP contribution is -2.36. The van der Waals surface area contributed by atoms with Crippen LogP contribution in [0.2, 0.25) is 0 Å². The first-order valence-corrected chi connectivity index (χ1v) is 12.1. The summed E-state index contributed by atoms with van der Waals surface area (Å²) in [6.45, 7) is 3.12. The number of rotatable bonds is 5. The highest BCUT2D eigenvalue weighted by Gasteiger charge is 2.25. The summed E-state index contributed by atoms with van der Waals surface area (Å²) in [6, 6.07) is 24.1. The molecule has 0 fully saturated rings. The maximum Gasteiger partial charge on any atom is 0.253 e. The molecule has 0 bridgehead atoms. The number of hydrogen-bond donors (Lipinski definition) is 1. The van der Waals surface area contributed by atoms with E-state index in [1.165, 1.54) is 0 Å². The van der Waals surface area contributed by atoms with Gasteiger partial charge in [0.05, 0.1) is 29.2 Å². The maximum absolute atomic E-state index is 12.4. The van der Waals surface area contributed by atoms with Crippen molar-refractivity contribution in [1.82, 2.24) is 20.2 Å². The first-order chi connectivity index (χ1) is 18.2. The second-order valence-corrected chi connectivity index (χ2v) is 9.01. The van der Waals surface area contributed by atoms with Gasteiger partial charge in [-0.3, -0.25) is 9.78 Å². The second-order valence-electron chi connectivity index (χ2n) is 9.01. The van der Waals surface area contributed by atoms with Crippen molar-refractivity contribution in [3.05, 3.63) is 114 Å². The minimum atomic E-state index is -0.147. The molecule has 2 aromatic heterocycles. The molecular weight excluding hydrogens is 460 g/mol. The number of hydrogen-bond acceptors (Lipinski definition) is 6. The van der Waals surface area contributed by atoms with Gasteiger partial charge in [0.25, 0.3) is 5.91 Å². The lowest BCUT2D eigenvalue weighted by atomic mass is 9.94. The second kappa shape index (κ2) is 9.62. The van der Waals surface area contributed by atoms with E-state index in [-0.39, 0.29) is 5.91 Å². The zero-order valence-electron chi connectivity index (χ0n) is 20.3. The van der Waals surface area contributed by atoms with Crippen LogP contribution in [-0.2, 0) is 6.54 Å². The molecule has 7 heteroatoms. The molecule has 0 saturated heterocycles. The van der Waals surface area contributed by atoms with Gasteiger partial charge in [-0.1, -0.05) is 54.6 Å². The summed E-state index contributed by atoms with van der Waals surface area (Å²) in [6.07, 6.45) is 7.27. The molecule has 7 nitrogen and oxygen atoms in total. The number of carbonyl (C=O) groups is 1. The molecule has 0 spiro atoms. The molecule has 0 atom stereocenters. The summed E-state index contributed by atoms with van der Waals surface area (Å²) in [7, 11) is 0. The van der Waals surface area contributed by atoms with E-state index in [0.717, 1.165) is 57.3 Å². The number of nitrogens with one attached hydrogen (secondary N) is 1. The Bertz CT molecular complexity index is 1560. The summed E-state index contributed by atoms with van der Waals surface area (Å²) >= 11 is 0. The molecule has 0 unspecified atom stereocenters. The largest absolute Gasteiger partial charge is 0.348 e. The van der Waals surface area contributed by atoms with Crippen LogP contribution in [0, 0.1) is 0 Å². The Morgan fingerprint density at radius 3 is 2.57 bits per heavy atom. The van der Waals surface area contributed by atoms with E-state index in [2.05, 4.69) is 55.7 Å². The fraction of sp³-hybridized carbons (Fsp3) is 0.100. The molecule has 2 aromatic carbocycles. The lowest BCUT2D eigenvalue weighted by molar-refractivity contribution is 0.0950.